The largest absolute Gasteiger partial charge is 0.478 e. The molecule has 0 amide bonds. The van der Waals surface area contributed by atoms with E-state index < -0.39 is 5.97 Å². The van der Waals surface area contributed by atoms with E-state index in [0.717, 1.165) is 24.5 Å². The Hall–Kier alpha value is -1.58. The van der Waals surface area contributed by atoms with Gasteiger partial charge >= 0.3 is 5.97 Å². The number of hydrogen-bond acceptors (Lipinski definition) is 3. The lowest BCUT2D eigenvalue weighted by Crippen LogP contribution is -2.26. The molecule has 0 aromatic carbocycles. The van der Waals surface area contributed by atoms with Crippen LogP contribution in [0.1, 0.15) is 69.4 Å². The molecule has 2 rings (SSSR count). The number of pyridine rings is 1. The van der Waals surface area contributed by atoms with Gasteiger partial charge in [0.15, 0.2) is 0 Å². The molecule has 1 heterocycles. The number of carboxylic acid groups (broad SMARTS) is 1. The van der Waals surface area contributed by atoms with E-state index in [2.05, 4.69) is 17.2 Å². The Morgan fingerprint density at radius 2 is 1.86 bits per heavy atom. The zero-order chi connectivity index (χ0) is 15.6. The van der Waals surface area contributed by atoms with Gasteiger partial charge in [-0.3, -0.25) is 0 Å². The molecule has 0 saturated heterocycles. The normalized spacial score (nSPS) is 22.9. The monoisotopic (exact) mass is 290 g/mol. The molecule has 4 heteroatoms. The smallest absolute Gasteiger partial charge is 0.335 e. The lowest BCUT2D eigenvalue weighted by molar-refractivity contribution is 0.0696. The number of nitrogens with zero attached hydrogens (tertiary/aromatic N) is 1. The van der Waals surface area contributed by atoms with Crippen LogP contribution in [-0.2, 0) is 5.41 Å². The molecule has 1 aliphatic rings. The number of hydrogen-bond donors (Lipinski definition) is 2. The number of carboxylic acids is 1. The van der Waals surface area contributed by atoms with Crippen LogP contribution in [0, 0.1) is 5.92 Å². The topological polar surface area (TPSA) is 62.2 Å². The molecule has 1 aromatic rings. The molecule has 0 unspecified atom stereocenters. The van der Waals surface area contributed by atoms with Gasteiger partial charge in [-0.05, 0) is 43.7 Å². The van der Waals surface area contributed by atoms with Gasteiger partial charge in [0.05, 0.1) is 5.56 Å². The third kappa shape index (κ3) is 4.19. The van der Waals surface area contributed by atoms with Gasteiger partial charge in [-0.2, -0.15) is 0 Å². The standard InChI is InChI=1S/C17H26N2O2/c1-11-5-7-13(8-6-11)18-15-10-12(16(20)21)9-14(19-15)17(2,3)4/h9-11,13H,5-8H2,1-4H3,(H,18,19)(H,20,21). The summed E-state index contributed by atoms with van der Waals surface area (Å²) in [5, 5.41) is 12.7. The number of nitrogens with one attached hydrogen (secondary N) is 1. The summed E-state index contributed by atoms with van der Waals surface area (Å²) in [4.78, 5) is 15.9. The van der Waals surface area contributed by atoms with E-state index in [1.807, 2.05) is 20.8 Å². The lowest BCUT2D eigenvalue weighted by atomic mass is 9.87. The highest BCUT2D eigenvalue weighted by molar-refractivity contribution is 5.88. The molecule has 0 radical (unpaired) electrons. The van der Waals surface area contributed by atoms with Gasteiger partial charge in [0, 0.05) is 17.2 Å². The molecular formula is C17H26N2O2. The van der Waals surface area contributed by atoms with E-state index in [4.69, 9.17) is 0 Å². The minimum atomic E-state index is -0.900. The zero-order valence-electron chi connectivity index (χ0n) is 13.4. The molecule has 1 aromatic heterocycles. The van der Waals surface area contributed by atoms with Crippen LogP contribution in [-0.4, -0.2) is 22.1 Å². The highest BCUT2D eigenvalue weighted by Gasteiger charge is 2.22. The Bertz CT molecular complexity index is 512. The van der Waals surface area contributed by atoms with E-state index in [9.17, 15) is 9.90 Å². The van der Waals surface area contributed by atoms with Crippen LogP contribution in [0.4, 0.5) is 5.82 Å². The third-order valence-corrected chi connectivity index (χ3v) is 4.21. The van der Waals surface area contributed by atoms with Gasteiger partial charge in [-0.1, -0.05) is 27.7 Å². The number of carbonyl (C=O) groups is 1. The Labute approximate surface area is 127 Å². The average molecular weight is 290 g/mol. The lowest BCUT2D eigenvalue weighted by Gasteiger charge is -2.28. The fraction of sp³-hybridized carbons (Fsp3) is 0.647. The molecule has 1 saturated carbocycles. The number of rotatable bonds is 3. The van der Waals surface area contributed by atoms with Gasteiger partial charge in [-0.25, -0.2) is 9.78 Å². The van der Waals surface area contributed by atoms with Crippen molar-refractivity contribution in [3.8, 4) is 0 Å². The van der Waals surface area contributed by atoms with Crippen LogP contribution < -0.4 is 5.32 Å². The molecule has 0 atom stereocenters. The third-order valence-electron chi connectivity index (χ3n) is 4.21. The van der Waals surface area contributed by atoms with Crippen LogP contribution in [0.2, 0.25) is 0 Å². The van der Waals surface area contributed by atoms with Crippen molar-refractivity contribution >= 4 is 11.8 Å². The van der Waals surface area contributed by atoms with E-state index in [1.165, 1.54) is 12.8 Å². The molecule has 4 nitrogen and oxygen atoms in total. The van der Waals surface area contributed by atoms with Crippen molar-refractivity contribution in [2.45, 2.75) is 64.8 Å². The Balaban J connectivity index is 2.22. The molecule has 2 N–H and O–H groups in total. The highest BCUT2D eigenvalue weighted by atomic mass is 16.4. The number of aromatic carboxylic acids is 1. The van der Waals surface area contributed by atoms with Crippen molar-refractivity contribution in [1.82, 2.24) is 4.98 Å². The van der Waals surface area contributed by atoms with Crippen molar-refractivity contribution in [3.05, 3.63) is 23.4 Å². The van der Waals surface area contributed by atoms with Crippen LogP contribution >= 0.6 is 0 Å². The first-order valence-electron chi connectivity index (χ1n) is 7.78. The molecule has 116 valence electrons. The molecular weight excluding hydrogens is 264 g/mol. The maximum atomic E-state index is 11.3. The summed E-state index contributed by atoms with van der Waals surface area (Å²) in [5.41, 5.74) is 0.957. The Kier molecular flexibility index (Phi) is 4.55. The summed E-state index contributed by atoms with van der Waals surface area (Å²) in [6.45, 7) is 8.43. The average Bonchev–Trinajstić information content (AvgIpc) is 2.40. The Morgan fingerprint density at radius 3 is 2.38 bits per heavy atom. The summed E-state index contributed by atoms with van der Waals surface area (Å²) in [5.74, 6) is 0.592. The van der Waals surface area contributed by atoms with Crippen LogP contribution in [0.15, 0.2) is 12.1 Å². The number of anilines is 1. The minimum absolute atomic E-state index is 0.164. The maximum Gasteiger partial charge on any atom is 0.335 e. The van der Waals surface area contributed by atoms with Gasteiger partial charge in [0.25, 0.3) is 0 Å². The number of aromatic nitrogens is 1. The first-order chi connectivity index (χ1) is 9.75. The van der Waals surface area contributed by atoms with Crippen molar-refractivity contribution in [2.75, 3.05) is 5.32 Å². The van der Waals surface area contributed by atoms with Crippen LogP contribution in [0.3, 0.4) is 0 Å². The van der Waals surface area contributed by atoms with Crippen molar-refractivity contribution < 1.29 is 9.90 Å². The summed E-state index contributed by atoms with van der Waals surface area (Å²) in [6, 6.07) is 3.73. The van der Waals surface area contributed by atoms with Crippen molar-refractivity contribution in [1.29, 1.82) is 0 Å². The Morgan fingerprint density at radius 1 is 1.24 bits per heavy atom. The summed E-state index contributed by atoms with van der Waals surface area (Å²) >= 11 is 0. The first kappa shape index (κ1) is 15.8. The maximum absolute atomic E-state index is 11.3. The summed E-state index contributed by atoms with van der Waals surface area (Å²) in [7, 11) is 0. The molecule has 1 fully saturated rings. The van der Waals surface area contributed by atoms with Crippen LogP contribution in [0.5, 0.6) is 0 Å². The van der Waals surface area contributed by atoms with Crippen molar-refractivity contribution in [2.24, 2.45) is 5.92 Å². The summed E-state index contributed by atoms with van der Waals surface area (Å²) < 4.78 is 0. The van der Waals surface area contributed by atoms with Gasteiger partial charge in [-0.15, -0.1) is 0 Å². The molecule has 0 spiro atoms. The molecule has 1 aliphatic carbocycles. The SMILES string of the molecule is CC1CCC(Nc2cc(C(=O)O)cc(C(C)(C)C)n2)CC1. The van der Waals surface area contributed by atoms with E-state index in [-0.39, 0.29) is 5.41 Å². The quantitative estimate of drug-likeness (QED) is 0.881. The second-order valence-electron chi connectivity index (χ2n) is 7.28. The summed E-state index contributed by atoms with van der Waals surface area (Å²) in [6.07, 6.45) is 4.71. The first-order valence-corrected chi connectivity index (χ1v) is 7.78. The fourth-order valence-corrected chi connectivity index (χ4v) is 2.73. The van der Waals surface area contributed by atoms with E-state index >= 15 is 0 Å². The predicted octanol–water partition coefficient (Wildman–Crippen LogP) is 4.07. The second kappa shape index (κ2) is 6.04. The predicted molar refractivity (Wildman–Crippen MR) is 84.9 cm³/mol. The second-order valence-corrected chi connectivity index (χ2v) is 7.28. The zero-order valence-corrected chi connectivity index (χ0v) is 13.4. The van der Waals surface area contributed by atoms with Gasteiger partial charge in [0.1, 0.15) is 5.82 Å². The van der Waals surface area contributed by atoms with E-state index in [1.54, 1.807) is 12.1 Å². The van der Waals surface area contributed by atoms with Gasteiger partial charge in [0.2, 0.25) is 0 Å². The van der Waals surface area contributed by atoms with Crippen LogP contribution in [0.25, 0.3) is 0 Å². The fourth-order valence-electron chi connectivity index (χ4n) is 2.73. The van der Waals surface area contributed by atoms with Gasteiger partial charge < -0.3 is 10.4 Å². The van der Waals surface area contributed by atoms with Crippen molar-refractivity contribution in [3.63, 3.8) is 0 Å². The van der Waals surface area contributed by atoms with E-state index in [0.29, 0.717) is 17.4 Å². The minimum Gasteiger partial charge on any atom is -0.478 e. The molecule has 0 bridgehead atoms. The highest BCUT2D eigenvalue weighted by Crippen LogP contribution is 2.27. The molecule has 21 heavy (non-hydrogen) atoms. The molecule has 0 aliphatic heterocycles.